The van der Waals surface area contributed by atoms with E-state index in [0.29, 0.717) is 29.7 Å². The summed E-state index contributed by atoms with van der Waals surface area (Å²) in [5.41, 5.74) is 0. The molecule has 1 amide bonds. The highest BCUT2D eigenvalue weighted by Crippen LogP contribution is 2.22. The van der Waals surface area contributed by atoms with Crippen molar-refractivity contribution in [2.24, 2.45) is 5.92 Å². The molecule has 19 heavy (non-hydrogen) atoms. The number of hydrogen-bond acceptors (Lipinski definition) is 5. The molecule has 0 aromatic carbocycles. The van der Waals surface area contributed by atoms with E-state index in [-0.39, 0.29) is 11.8 Å². The molecule has 0 spiro atoms. The number of carbonyl (C=O) groups excluding carboxylic acids is 1. The molecule has 7 heteroatoms. The zero-order valence-corrected chi connectivity index (χ0v) is 12.8. The van der Waals surface area contributed by atoms with E-state index in [1.807, 2.05) is 6.92 Å². The first-order valence-electron chi connectivity index (χ1n) is 6.30. The molecule has 108 valence electrons. The number of carbonyl (C=O) groups is 2. The standard InChI is InChI=1S/C12H19NO4S2/c1-3-17-12(18)19-7-8(2)10(14)13-6-4-5-9(13)11(15)16/h8-9H,3-7H2,1-2H3,(H,15,16). The molecule has 1 aliphatic heterocycles. The van der Waals surface area contributed by atoms with Gasteiger partial charge in [-0.3, -0.25) is 4.79 Å². The molecule has 0 aromatic rings. The zero-order chi connectivity index (χ0) is 14.4. The molecule has 1 N–H and O–H groups in total. The number of hydrogen-bond donors (Lipinski definition) is 1. The number of amides is 1. The van der Waals surface area contributed by atoms with E-state index in [4.69, 9.17) is 22.1 Å². The maximum atomic E-state index is 12.2. The average molecular weight is 305 g/mol. The van der Waals surface area contributed by atoms with E-state index in [0.717, 1.165) is 6.42 Å². The average Bonchev–Trinajstić information content (AvgIpc) is 2.84. The van der Waals surface area contributed by atoms with Crippen LogP contribution in [-0.4, -0.2) is 51.2 Å². The van der Waals surface area contributed by atoms with Crippen molar-refractivity contribution in [1.82, 2.24) is 4.90 Å². The van der Waals surface area contributed by atoms with Gasteiger partial charge in [0, 0.05) is 18.2 Å². The van der Waals surface area contributed by atoms with Crippen molar-refractivity contribution < 1.29 is 19.4 Å². The van der Waals surface area contributed by atoms with Crippen LogP contribution < -0.4 is 0 Å². The Labute approximate surface area is 122 Å². The van der Waals surface area contributed by atoms with Crippen molar-refractivity contribution in [3.8, 4) is 0 Å². The Balaban J connectivity index is 2.47. The van der Waals surface area contributed by atoms with Gasteiger partial charge in [0.15, 0.2) is 0 Å². The quantitative estimate of drug-likeness (QED) is 0.781. The number of thiocarbonyl (C=S) groups is 1. The molecule has 0 bridgehead atoms. The molecule has 1 aliphatic rings. The van der Waals surface area contributed by atoms with E-state index >= 15 is 0 Å². The van der Waals surface area contributed by atoms with Gasteiger partial charge in [-0.15, -0.1) is 0 Å². The number of likely N-dealkylation sites (tertiary alicyclic amines) is 1. The molecule has 0 saturated carbocycles. The van der Waals surface area contributed by atoms with Gasteiger partial charge in [-0.05, 0) is 32.0 Å². The summed E-state index contributed by atoms with van der Waals surface area (Å²) in [6, 6.07) is -0.668. The minimum absolute atomic E-state index is 0.114. The molecule has 1 heterocycles. The maximum Gasteiger partial charge on any atom is 0.326 e. The highest BCUT2D eigenvalue weighted by Gasteiger charge is 2.35. The van der Waals surface area contributed by atoms with Crippen molar-refractivity contribution in [3.05, 3.63) is 0 Å². The molecule has 1 fully saturated rings. The van der Waals surface area contributed by atoms with Crippen LogP contribution in [0, 0.1) is 5.92 Å². The minimum atomic E-state index is -0.921. The third kappa shape index (κ3) is 4.65. The Morgan fingerprint density at radius 3 is 2.84 bits per heavy atom. The fourth-order valence-corrected chi connectivity index (χ4v) is 3.05. The van der Waals surface area contributed by atoms with Crippen molar-refractivity contribution in [2.45, 2.75) is 32.7 Å². The maximum absolute atomic E-state index is 12.2. The van der Waals surface area contributed by atoms with Gasteiger partial charge in [0.2, 0.25) is 10.3 Å². The van der Waals surface area contributed by atoms with Gasteiger partial charge in [0.1, 0.15) is 6.04 Å². The van der Waals surface area contributed by atoms with Crippen LogP contribution in [0.3, 0.4) is 0 Å². The van der Waals surface area contributed by atoms with E-state index in [9.17, 15) is 9.59 Å². The van der Waals surface area contributed by atoms with Crippen LogP contribution in [0.4, 0.5) is 0 Å². The first-order valence-corrected chi connectivity index (χ1v) is 7.69. The summed E-state index contributed by atoms with van der Waals surface area (Å²) in [5, 5.41) is 9.06. The number of rotatable bonds is 5. The van der Waals surface area contributed by atoms with Crippen molar-refractivity contribution in [3.63, 3.8) is 0 Å². The second-order valence-corrected chi connectivity index (χ2v) is 6.04. The summed E-state index contributed by atoms with van der Waals surface area (Å²) in [6.07, 6.45) is 1.29. The van der Waals surface area contributed by atoms with Crippen molar-refractivity contribution in [2.75, 3.05) is 18.9 Å². The van der Waals surface area contributed by atoms with Crippen LogP contribution in [0.2, 0.25) is 0 Å². The largest absolute Gasteiger partial charge is 0.480 e. The van der Waals surface area contributed by atoms with Gasteiger partial charge in [0.05, 0.1) is 6.61 Å². The van der Waals surface area contributed by atoms with Crippen LogP contribution in [0.15, 0.2) is 0 Å². The summed E-state index contributed by atoms with van der Waals surface area (Å²) >= 11 is 6.30. The topological polar surface area (TPSA) is 66.8 Å². The predicted molar refractivity (Wildman–Crippen MR) is 78.2 cm³/mol. The van der Waals surface area contributed by atoms with E-state index in [2.05, 4.69) is 0 Å². The number of ether oxygens (including phenoxy) is 1. The second kappa shape index (κ2) is 7.69. The second-order valence-electron chi connectivity index (χ2n) is 4.42. The Morgan fingerprint density at radius 2 is 2.26 bits per heavy atom. The molecule has 5 nitrogen and oxygen atoms in total. The molecule has 0 aliphatic carbocycles. The number of nitrogens with zero attached hydrogens (tertiary/aromatic N) is 1. The summed E-state index contributed by atoms with van der Waals surface area (Å²) < 4.78 is 5.56. The van der Waals surface area contributed by atoms with Gasteiger partial charge in [-0.25, -0.2) is 4.79 Å². The summed E-state index contributed by atoms with van der Waals surface area (Å²) in [4.78, 5) is 24.7. The highest BCUT2D eigenvalue weighted by atomic mass is 32.2. The molecule has 1 rings (SSSR count). The van der Waals surface area contributed by atoms with Gasteiger partial charge < -0.3 is 14.7 Å². The minimum Gasteiger partial charge on any atom is -0.480 e. The Bertz CT molecular complexity index is 362. The lowest BCUT2D eigenvalue weighted by Gasteiger charge is -2.24. The third-order valence-corrected chi connectivity index (χ3v) is 4.45. The number of aliphatic carboxylic acids is 1. The van der Waals surface area contributed by atoms with Crippen LogP contribution >= 0.6 is 24.0 Å². The van der Waals surface area contributed by atoms with E-state index in [1.54, 1.807) is 6.92 Å². The zero-order valence-electron chi connectivity index (χ0n) is 11.1. The lowest BCUT2D eigenvalue weighted by molar-refractivity contribution is -0.149. The normalized spacial score (nSPS) is 20.1. The Morgan fingerprint density at radius 1 is 1.58 bits per heavy atom. The van der Waals surface area contributed by atoms with Crippen molar-refractivity contribution in [1.29, 1.82) is 0 Å². The van der Waals surface area contributed by atoms with E-state index < -0.39 is 12.0 Å². The summed E-state index contributed by atoms with van der Waals surface area (Å²) in [7, 11) is 0. The lowest BCUT2D eigenvalue weighted by atomic mass is 10.1. The molecule has 2 atom stereocenters. The number of carboxylic acid groups (broad SMARTS) is 1. The number of carboxylic acids is 1. The number of thioether (sulfide) groups is 1. The van der Waals surface area contributed by atoms with Gasteiger partial charge in [-0.2, -0.15) is 0 Å². The summed E-state index contributed by atoms with van der Waals surface area (Å²) in [6.45, 7) is 4.69. The van der Waals surface area contributed by atoms with Crippen LogP contribution in [0.1, 0.15) is 26.7 Å². The van der Waals surface area contributed by atoms with Crippen LogP contribution in [-0.2, 0) is 14.3 Å². The molecule has 0 radical (unpaired) electrons. The SMILES string of the molecule is CCOC(=S)SCC(C)C(=O)N1CCCC1C(=O)O. The van der Waals surface area contributed by atoms with Crippen molar-refractivity contribution >= 4 is 40.2 Å². The lowest BCUT2D eigenvalue weighted by Crippen LogP contribution is -2.43. The van der Waals surface area contributed by atoms with Gasteiger partial charge >= 0.3 is 5.97 Å². The molecular weight excluding hydrogens is 286 g/mol. The predicted octanol–water partition coefficient (Wildman–Crippen LogP) is 1.75. The fraction of sp³-hybridized carbons (Fsp3) is 0.750. The van der Waals surface area contributed by atoms with E-state index in [1.165, 1.54) is 16.7 Å². The van der Waals surface area contributed by atoms with Gasteiger partial charge in [0.25, 0.3) is 0 Å². The molecule has 1 saturated heterocycles. The monoisotopic (exact) mass is 305 g/mol. The van der Waals surface area contributed by atoms with Gasteiger partial charge in [-0.1, -0.05) is 18.7 Å². The van der Waals surface area contributed by atoms with Crippen LogP contribution in [0.5, 0.6) is 0 Å². The first kappa shape index (κ1) is 16.2. The third-order valence-electron chi connectivity index (χ3n) is 2.96. The summed E-state index contributed by atoms with van der Waals surface area (Å²) in [5.74, 6) is -0.781. The Kier molecular flexibility index (Phi) is 6.57. The fourth-order valence-electron chi connectivity index (χ4n) is 1.99. The molecular formula is C12H19NO4S2. The Hall–Kier alpha value is -0.820. The smallest absolute Gasteiger partial charge is 0.326 e. The van der Waals surface area contributed by atoms with Crippen LogP contribution in [0.25, 0.3) is 0 Å². The first-order chi connectivity index (χ1) is 8.97. The molecule has 0 aromatic heterocycles. The molecule has 2 unspecified atom stereocenters. The highest BCUT2D eigenvalue weighted by molar-refractivity contribution is 8.22.